The van der Waals surface area contributed by atoms with Gasteiger partial charge in [-0.3, -0.25) is 14.4 Å². The Morgan fingerprint density at radius 2 is 1.97 bits per heavy atom. The maximum absolute atomic E-state index is 13.2. The van der Waals surface area contributed by atoms with E-state index in [0.29, 0.717) is 22.5 Å². The quantitative estimate of drug-likeness (QED) is 0.420. The van der Waals surface area contributed by atoms with E-state index >= 15 is 0 Å². The molecule has 0 bridgehead atoms. The normalized spacial score (nSPS) is 13.5. The molecule has 0 radical (unpaired) electrons. The lowest BCUT2D eigenvalue weighted by Crippen LogP contribution is -2.30. The molecular weight excluding hydrogens is 458 g/mol. The van der Waals surface area contributed by atoms with Crippen LogP contribution < -0.4 is 15.8 Å². The van der Waals surface area contributed by atoms with Gasteiger partial charge in [0.2, 0.25) is 5.91 Å². The van der Waals surface area contributed by atoms with Crippen LogP contribution in [-0.4, -0.2) is 39.5 Å². The summed E-state index contributed by atoms with van der Waals surface area (Å²) in [4.78, 5) is 45.3. The highest BCUT2D eigenvalue weighted by Gasteiger charge is 2.23. The number of thiazole rings is 1. The standard InChI is InChI=1S/C23H21N5O3S2/c1-14(29)15-6-4-7-16(12-15)24-18(30)13-28-22(31)20-21(19(26-28)17-8-5-11-32-17)33-23(25-20)27-9-2-3-10-27/h4-8,11-12H,2-3,9-10,13H2,1H3,(H,24,30). The van der Waals surface area contributed by atoms with Crippen molar-refractivity contribution < 1.29 is 9.59 Å². The maximum Gasteiger partial charge on any atom is 0.294 e. The number of rotatable bonds is 6. The SMILES string of the molecule is CC(=O)c1cccc(NC(=O)Cn2nc(-c3cccs3)c3sc(N4CCCC4)nc3c2=O)c1. The van der Waals surface area contributed by atoms with Gasteiger partial charge < -0.3 is 10.2 Å². The van der Waals surface area contributed by atoms with Crippen molar-refractivity contribution >= 4 is 55.4 Å². The second kappa shape index (κ2) is 8.87. The highest BCUT2D eigenvalue weighted by atomic mass is 32.1. The number of nitrogens with one attached hydrogen (secondary N) is 1. The van der Waals surface area contributed by atoms with Crippen molar-refractivity contribution in [1.29, 1.82) is 0 Å². The number of hydrogen-bond acceptors (Lipinski definition) is 8. The van der Waals surface area contributed by atoms with Crippen LogP contribution in [0.3, 0.4) is 0 Å². The molecule has 1 amide bonds. The zero-order valence-electron chi connectivity index (χ0n) is 17.9. The van der Waals surface area contributed by atoms with E-state index in [1.807, 2.05) is 17.5 Å². The Hall–Kier alpha value is -3.37. The molecule has 168 valence electrons. The molecule has 1 aromatic carbocycles. The molecule has 1 saturated heterocycles. The fourth-order valence-corrected chi connectivity index (χ4v) is 5.71. The minimum absolute atomic E-state index is 0.0904. The van der Waals surface area contributed by atoms with Crippen molar-refractivity contribution in [2.24, 2.45) is 0 Å². The lowest BCUT2D eigenvalue weighted by atomic mass is 10.1. The summed E-state index contributed by atoms with van der Waals surface area (Å²) in [7, 11) is 0. The number of nitrogens with zero attached hydrogens (tertiary/aromatic N) is 4. The summed E-state index contributed by atoms with van der Waals surface area (Å²) in [5, 5.41) is 10.1. The predicted octanol–water partition coefficient (Wildman–Crippen LogP) is 4.02. The second-order valence-corrected chi connectivity index (χ2v) is 9.77. The molecule has 4 heterocycles. The number of hydrogen-bond donors (Lipinski definition) is 1. The molecule has 10 heteroatoms. The van der Waals surface area contributed by atoms with Gasteiger partial charge >= 0.3 is 0 Å². The van der Waals surface area contributed by atoms with Crippen molar-refractivity contribution in [1.82, 2.24) is 14.8 Å². The molecule has 5 rings (SSSR count). The molecule has 0 atom stereocenters. The van der Waals surface area contributed by atoms with Gasteiger partial charge in [0.1, 0.15) is 12.2 Å². The third kappa shape index (κ3) is 4.31. The Kier molecular flexibility index (Phi) is 5.77. The number of fused-ring (bicyclic) bond motifs is 1. The molecule has 0 spiro atoms. The minimum atomic E-state index is -0.406. The average Bonchev–Trinajstić information content (AvgIpc) is 3.57. The summed E-state index contributed by atoms with van der Waals surface area (Å²) in [5.74, 6) is -0.496. The fraction of sp³-hybridized carbons (Fsp3) is 0.261. The maximum atomic E-state index is 13.2. The third-order valence-corrected chi connectivity index (χ3v) is 7.47. The minimum Gasteiger partial charge on any atom is -0.348 e. The first-order chi connectivity index (χ1) is 16.0. The van der Waals surface area contributed by atoms with E-state index < -0.39 is 5.91 Å². The van der Waals surface area contributed by atoms with Gasteiger partial charge in [0, 0.05) is 24.3 Å². The fourth-order valence-electron chi connectivity index (χ4n) is 3.83. The number of ketones is 1. The molecule has 1 fully saturated rings. The Morgan fingerprint density at radius 1 is 1.15 bits per heavy atom. The topological polar surface area (TPSA) is 97.2 Å². The van der Waals surface area contributed by atoms with Crippen LogP contribution in [0.2, 0.25) is 0 Å². The number of amides is 1. The summed E-state index contributed by atoms with van der Waals surface area (Å²) < 4.78 is 1.92. The smallest absolute Gasteiger partial charge is 0.294 e. The number of benzene rings is 1. The van der Waals surface area contributed by atoms with Crippen LogP contribution in [0.1, 0.15) is 30.1 Å². The molecule has 1 N–H and O–H groups in total. The number of carbonyl (C=O) groups excluding carboxylic acids is 2. The van der Waals surface area contributed by atoms with E-state index in [-0.39, 0.29) is 17.9 Å². The Labute approximate surface area is 197 Å². The van der Waals surface area contributed by atoms with E-state index in [0.717, 1.165) is 40.6 Å². The van der Waals surface area contributed by atoms with Crippen LogP contribution in [0.5, 0.6) is 0 Å². The van der Waals surface area contributed by atoms with E-state index in [1.54, 1.807) is 24.3 Å². The lowest BCUT2D eigenvalue weighted by molar-refractivity contribution is -0.117. The predicted molar refractivity (Wildman–Crippen MR) is 132 cm³/mol. The number of aromatic nitrogens is 3. The molecule has 0 aliphatic carbocycles. The molecule has 8 nitrogen and oxygen atoms in total. The monoisotopic (exact) mass is 479 g/mol. The molecular formula is C23H21N5O3S2. The Balaban J connectivity index is 1.50. The molecule has 1 aliphatic heterocycles. The van der Waals surface area contributed by atoms with Gasteiger partial charge in [-0.2, -0.15) is 5.10 Å². The first-order valence-corrected chi connectivity index (χ1v) is 12.3. The van der Waals surface area contributed by atoms with Crippen molar-refractivity contribution in [3.63, 3.8) is 0 Å². The van der Waals surface area contributed by atoms with Crippen LogP contribution in [0.25, 0.3) is 20.8 Å². The summed E-state index contributed by atoms with van der Waals surface area (Å²) in [5.41, 5.74) is 1.60. The zero-order chi connectivity index (χ0) is 22.9. The van der Waals surface area contributed by atoms with Crippen LogP contribution in [-0.2, 0) is 11.3 Å². The van der Waals surface area contributed by atoms with Gasteiger partial charge in [-0.25, -0.2) is 9.67 Å². The first-order valence-electron chi connectivity index (χ1n) is 10.6. The molecule has 4 aromatic rings. The molecule has 0 unspecified atom stereocenters. The van der Waals surface area contributed by atoms with Gasteiger partial charge in [-0.05, 0) is 43.3 Å². The molecule has 1 aliphatic rings. The lowest BCUT2D eigenvalue weighted by Gasteiger charge is -2.11. The average molecular weight is 480 g/mol. The van der Waals surface area contributed by atoms with Gasteiger partial charge in [0.05, 0.1) is 9.58 Å². The number of Topliss-reactive ketones (excluding diaryl/α,β-unsaturated/α-hetero) is 1. The van der Waals surface area contributed by atoms with Gasteiger partial charge in [-0.15, -0.1) is 11.3 Å². The van der Waals surface area contributed by atoms with Crippen LogP contribution in [0.15, 0.2) is 46.6 Å². The van der Waals surface area contributed by atoms with E-state index in [1.165, 1.54) is 34.3 Å². The van der Waals surface area contributed by atoms with Gasteiger partial charge in [0.25, 0.3) is 5.56 Å². The summed E-state index contributed by atoms with van der Waals surface area (Å²) >= 11 is 3.01. The summed E-state index contributed by atoms with van der Waals surface area (Å²) in [6, 6.07) is 10.6. The molecule has 0 saturated carbocycles. The Morgan fingerprint density at radius 3 is 2.70 bits per heavy atom. The van der Waals surface area contributed by atoms with Crippen molar-refractivity contribution in [2.45, 2.75) is 26.3 Å². The second-order valence-electron chi connectivity index (χ2n) is 7.84. The van der Waals surface area contributed by atoms with Crippen molar-refractivity contribution in [3.05, 3.63) is 57.7 Å². The van der Waals surface area contributed by atoms with Crippen LogP contribution in [0, 0.1) is 0 Å². The van der Waals surface area contributed by atoms with E-state index in [2.05, 4.69) is 20.3 Å². The van der Waals surface area contributed by atoms with E-state index in [4.69, 9.17) is 0 Å². The highest BCUT2D eigenvalue weighted by Crippen LogP contribution is 2.36. The third-order valence-electron chi connectivity index (χ3n) is 5.47. The van der Waals surface area contributed by atoms with Gasteiger partial charge in [0.15, 0.2) is 16.4 Å². The summed E-state index contributed by atoms with van der Waals surface area (Å²) in [6.45, 7) is 3.07. The number of carbonyl (C=O) groups is 2. The van der Waals surface area contributed by atoms with Crippen molar-refractivity contribution in [2.75, 3.05) is 23.3 Å². The summed E-state index contributed by atoms with van der Waals surface area (Å²) in [6.07, 6.45) is 2.22. The van der Waals surface area contributed by atoms with E-state index in [9.17, 15) is 14.4 Å². The number of thiophene rings is 1. The first kappa shape index (κ1) is 21.5. The molecule has 3 aromatic heterocycles. The Bertz CT molecular complexity index is 1400. The highest BCUT2D eigenvalue weighted by molar-refractivity contribution is 7.23. The molecule has 33 heavy (non-hydrogen) atoms. The van der Waals surface area contributed by atoms with Crippen LogP contribution >= 0.6 is 22.7 Å². The van der Waals surface area contributed by atoms with Crippen molar-refractivity contribution in [3.8, 4) is 10.6 Å². The zero-order valence-corrected chi connectivity index (χ0v) is 19.5. The van der Waals surface area contributed by atoms with Crippen LogP contribution in [0.4, 0.5) is 10.8 Å². The van der Waals surface area contributed by atoms with Gasteiger partial charge in [-0.1, -0.05) is 29.5 Å². The largest absolute Gasteiger partial charge is 0.348 e. The number of anilines is 2.